The number of benzene rings is 1. The summed E-state index contributed by atoms with van der Waals surface area (Å²) in [4.78, 5) is 12.8. The number of nitrogens with one attached hydrogen (secondary N) is 1. The van der Waals surface area contributed by atoms with Crippen LogP contribution in [-0.4, -0.2) is 25.1 Å². The van der Waals surface area contributed by atoms with E-state index in [2.05, 4.69) is 12.3 Å². The highest BCUT2D eigenvalue weighted by Crippen LogP contribution is 2.21. The summed E-state index contributed by atoms with van der Waals surface area (Å²) < 4.78 is 5.27. The number of aryl methyl sites for hydroxylation is 1. The fourth-order valence-electron chi connectivity index (χ4n) is 1.61. The third-order valence-corrected chi connectivity index (χ3v) is 2.63. The van der Waals surface area contributed by atoms with Gasteiger partial charge >= 0.3 is 6.03 Å². The number of hydrogen-bond donors (Lipinski definition) is 2. The first kappa shape index (κ1) is 13.3. The van der Waals surface area contributed by atoms with E-state index in [1.54, 1.807) is 14.2 Å². The van der Waals surface area contributed by atoms with Crippen molar-refractivity contribution in [1.82, 2.24) is 10.3 Å². The van der Waals surface area contributed by atoms with Crippen LogP contribution in [0.15, 0.2) is 18.2 Å². The molecule has 0 heterocycles. The normalized spacial score (nSPS) is 9.88. The monoisotopic (exact) mass is 237 g/mol. The standard InChI is InChI=1S/C12H19N3O2/c1-4-9-5-6-11(17-3)10(7-9)8-15(2)12(16)14-13/h5-7H,4,8,13H2,1-3H3,(H,14,16). The van der Waals surface area contributed by atoms with E-state index in [-0.39, 0.29) is 6.03 Å². The van der Waals surface area contributed by atoms with E-state index in [1.807, 2.05) is 18.2 Å². The lowest BCUT2D eigenvalue weighted by molar-refractivity contribution is 0.206. The van der Waals surface area contributed by atoms with Gasteiger partial charge in [-0.05, 0) is 18.1 Å². The largest absolute Gasteiger partial charge is 0.496 e. The number of carbonyl (C=O) groups is 1. The minimum atomic E-state index is -0.325. The molecule has 1 aromatic carbocycles. The van der Waals surface area contributed by atoms with E-state index >= 15 is 0 Å². The van der Waals surface area contributed by atoms with Gasteiger partial charge in [0.25, 0.3) is 0 Å². The van der Waals surface area contributed by atoms with Gasteiger partial charge in [-0.15, -0.1) is 0 Å². The number of methoxy groups -OCH3 is 1. The van der Waals surface area contributed by atoms with Crippen LogP contribution in [0.2, 0.25) is 0 Å². The Hall–Kier alpha value is -1.75. The molecule has 94 valence electrons. The van der Waals surface area contributed by atoms with Gasteiger partial charge in [0.15, 0.2) is 0 Å². The SMILES string of the molecule is CCc1ccc(OC)c(CN(C)C(=O)NN)c1. The number of hydrazine groups is 1. The van der Waals surface area contributed by atoms with E-state index in [0.29, 0.717) is 6.54 Å². The molecule has 0 bridgehead atoms. The van der Waals surface area contributed by atoms with Crippen molar-refractivity contribution in [3.05, 3.63) is 29.3 Å². The molecule has 1 rings (SSSR count). The summed E-state index contributed by atoms with van der Waals surface area (Å²) in [5.41, 5.74) is 4.28. The summed E-state index contributed by atoms with van der Waals surface area (Å²) in [6.45, 7) is 2.54. The molecule has 0 aliphatic rings. The lowest BCUT2D eigenvalue weighted by Crippen LogP contribution is -2.40. The molecule has 5 nitrogen and oxygen atoms in total. The molecule has 17 heavy (non-hydrogen) atoms. The van der Waals surface area contributed by atoms with Crippen molar-refractivity contribution in [2.24, 2.45) is 5.84 Å². The molecule has 2 amide bonds. The maximum Gasteiger partial charge on any atom is 0.331 e. The minimum absolute atomic E-state index is 0.325. The van der Waals surface area contributed by atoms with E-state index < -0.39 is 0 Å². The van der Waals surface area contributed by atoms with Gasteiger partial charge in [0.2, 0.25) is 0 Å². The summed E-state index contributed by atoms with van der Waals surface area (Å²) in [6, 6.07) is 5.65. The first-order chi connectivity index (χ1) is 8.12. The quantitative estimate of drug-likeness (QED) is 0.471. The Morgan fingerprint density at radius 1 is 1.53 bits per heavy atom. The first-order valence-electron chi connectivity index (χ1n) is 5.49. The smallest absolute Gasteiger partial charge is 0.331 e. The van der Waals surface area contributed by atoms with Gasteiger partial charge in [0.1, 0.15) is 5.75 Å². The fourth-order valence-corrected chi connectivity index (χ4v) is 1.61. The van der Waals surface area contributed by atoms with Gasteiger partial charge in [-0.25, -0.2) is 10.6 Å². The zero-order valence-electron chi connectivity index (χ0n) is 10.5. The topological polar surface area (TPSA) is 67.6 Å². The molecule has 0 aliphatic heterocycles. The highest BCUT2D eigenvalue weighted by molar-refractivity contribution is 5.73. The van der Waals surface area contributed by atoms with Crippen LogP contribution in [0.4, 0.5) is 4.79 Å². The van der Waals surface area contributed by atoms with Gasteiger partial charge in [-0.1, -0.05) is 19.1 Å². The summed E-state index contributed by atoms with van der Waals surface area (Å²) in [5.74, 6) is 5.86. The predicted octanol–water partition coefficient (Wildman–Crippen LogP) is 1.27. The molecule has 0 spiro atoms. The van der Waals surface area contributed by atoms with Crippen molar-refractivity contribution in [3.63, 3.8) is 0 Å². The van der Waals surface area contributed by atoms with Crippen LogP contribution in [0.1, 0.15) is 18.1 Å². The number of carbonyl (C=O) groups excluding carboxylic acids is 1. The molecule has 5 heteroatoms. The minimum Gasteiger partial charge on any atom is -0.496 e. The number of hydrogen-bond acceptors (Lipinski definition) is 3. The highest BCUT2D eigenvalue weighted by Gasteiger charge is 2.11. The maximum absolute atomic E-state index is 11.3. The molecule has 0 atom stereocenters. The first-order valence-corrected chi connectivity index (χ1v) is 5.49. The Morgan fingerprint density at radius 2 is 2.24 bits per heavy atom. The summed E-state index contributed by atoms with van der Waals surface area (Å²) >= 11 is 0. The fraction of sp³-hybridized carbons (Fsp3) is 0.417. The molecule has 1 aromatic rings. The van der Waals surface area contributed by atoms with E-state index in [4.69, 9.17) is 10.6 Å². The van der Waals surface area contributed by atoms with Crippen LogP contribution >= 0.6 is 0 Å². The van der Waals surface area contributed by atoms with Gasteiger partial charge < -0.3 is 9.64 Å². The van der Waals surface area contributed by atoms with Crippen LogP contribution < -0.4 is 16.0 Å². The van der Waals surface area contributed by atoms with Crippen LogP contribution in [0.3, 0.4) is 0 Å². The van der Waals surface area contributed by atoms with E-state index in [0.717, 1.165) is 17.7 Å². The maximum atomic E-state index is 11.3. The Labute approximate surface area is 102 Å². The van der Waals surface area contributed by atoms with Crippen molar-refractivity contribution in [2.45, 2.75) is 19.9 Å². The Morgan fingerprint density at radius 3 is 2.76 bits per heavy atom. The van der Waals surface area contributed by atoms with Crippen molar-refractivity contribution in [3.8, 4) is 5.75 Å². The third-order valence-electron chi connectivity index (χ3n) is 2.63. The number of urea groups is 1. The summed E-state index contributed by atoms with van der Waals surface area (Å²) in [5, 5.41) is 0. The number of nitrogens with two attached hydrogens (primary N) is 1. The lowest BCUT2D eigenvalue weighted by Gasteiger charge is -2.18. The Kier molecular flexibility index (Phi) is 4.78. The molecule has 3 N–H and O–H groups in total. The van der Waals surface area contributed by atoms with Crippen LogP contribution in [0.25, 0.3) is 0 Å². The molecule has 0 fully saturated rings. The average molecular weight is 237 g/mol. The van der Waals surface area contributed by atoms with E-state index in [9.17, 15) is 4.79 Å². The zero-order valence-corrected chi connectivity index (χ0v) is 10.5. The van der Waals surface area contributed by atoms with Crippen molar-refractivity contribution >= 4 is 6.03 Å². The van der Waals surface area contributed by atoms with Crippen molar-refractivity contribution in [2.75, 3.05) is 14.2 Å². The van der Waals surface area contributed by atoms with Crippen LogP contribution in [0.5, 0.6) is 5.75 Å². The number of amides is 2. The molecular weight excluding hydrogens is 218 g/mol. The van der Waals surface area contributed by atoms with Crippen molar-refractivity contribution in [1.29, 1.82) is 0 Å². The average Bonchev–Trinajstić information content (AvgIpc) is 2.37. The lowest BCUT2D eigenvalue weighted by atomic mass is 10.1. The summed E-state index contributed by atoms with van der Waals surface area (Å²) in [6.07, 6.45) is 0.948. The molecule has 0 aliphatic carbocycles. The predicted molar refractivity (Wildman–Crippen MR) is 66.6 cm³/mol. The second-order valence-electron chi connectivity index (χ2n) is 3.81. The second-order valence-corrected chi connectivity index (χ2v) is 3.81. The molecule has 0 aromatic heterocycles. The Bertz CT molecular complexity index is 393. The van der Waals surface area contributed by atoms with Gasteiger partial charge in [0.05, 0.1) is 13.7 Å². The van der Waals surface area contributed by atoms with Crippen molar-refractivity contribution < 1.29 is 9.53 Å². The van der Waals surface area contributed by atoms with Crippen LogP contribution in [0, 0.1) is 0 Å². The Balaban J connectivity index is 2.91. The van der Waals surface area contributed by atoms with Crippen LogP contribution in [-0.2, 0) is 13.0 Å². The van der Waals surface area contributed by atoms with Gasteiger partial charge in [0, 0.05) is 12.6 Å². The molecule has 0 saturated carbocycles. The number of nitrogens with zero attached hydrogens (tertiary/aromatic N) is 1. The molecule has 0 unspecified atom stereocenters. The second kappa shape index (κ2) is 6.10. The third kappa shape index (κ3) is 3.35. The van der Waals surface area contributed by atoms with Gasteiger partial charge in [-0.2, -0.15) is 0 Å². The van der Waals surface area contributed by atoms with Gasteiger partial charge in [-0.3, -0.25) is 5.43 Å². The highest BCUT2D eigenvalue weighted by atomic mass is 16.5. The number of ether oxygens (including phenoxy) is 1. The molecular formula is C12H19N3O2. The van der Waals surface area contributed by atoms with E-state index in [1.165, 1.54) is 10.5 Å². The zero-order chi connectivity index (χ0) is 12.8. The molecule has 0 radical (unpaired) electrons. The molecule has 0 saturated heterocycles. The summed E-state index contributed by atoms with van der Waals surface area (Å²) in [7, 11) is 3.30. The number of rotatable bonds is 4.